The lowest BCUT2D eigenvalue weighted by atomic mass is 10.2. The van der Waals surface area contributed by atoms with Crippen LogP contribution in [-0.4, -0.2) is 58.6 Å². The third kappa shape index (κ3) is 5.03. The van der Waals surface area contributed by atoms with Crippen LogP contribution >= 0.6 is 11.6 Å². The number of furan rings is 1. The maximum absolute atomic E-state index is 12.7. The normalized spacial score (nSPS) is 12.5. The van der Waals surface area contributed by atoms with E-state index in [2.05, 4.69) is 0 Å². The third-order valence-corrected chi connectivity index (χ3v) is 8.43. The molecular formula is C18H23ClN2O7S2. The molecule has 1 aromatic carbocycles. The van der Waals surface area contributed by atoms with Gasteiger partial charge in [-0.15, -0.1) is 0 Å². The van der Waals surface area contributed by atoms with Crippen molar-refractivity contribution in [1.29, 1.82) is 0 Å². The summed E-state index contributed by atoms with van der Waals surface area (Å²) < 4.78 is 62.1. The lowest BCUT2D eigenvalue weighted by molar-refractivity contribution is 0.0440. The summed E-state index contributed by atoms with van der Waals surface area (Å²) in [6.07, 6.45) is 0. The van der Waals surface area contributed by atoms with Gasteiger partial charge < -0.3 is 9.15 Å². The van der Waals surface area contributed by atoms with E-state index in [9.17, 15) is 21.6 Å². The van der Waals surface area contributed by atoms with Crippen LogP contribution in [-0.2, 0) is 31.4 Å². The molecule has 1 heterocycles. The highest BCUT2D eigenvalue weighted by atomic mass is 35.5. The molecule has 0 N–H and O–H groups in total. The topological polar surface area (TPSA) is 114 Å². The van der Waals surface area contributed by atoms with Crippen LogP contribution < -0.4 is 0 Å². The molecule has 0 radical (unpaired) electrons. The largest absolute Gasteiger partial charge is 0.454 e. The smallest absolute Gasteiger partial charge is 0.338 e. The molecule has 0 unspecified atom stereocenters. The third-order valence-electron chi connectivity index (χ3n) is 4.21. The number of esters is 1. The minimum atomic E-state index is -3.87. The number of sulfonamides is 2. The van der Waals surface area contributed by atoms with Gasteiger partial charge in [0.15, 0.2) is 0 Å². The summed E-state index contributed by atoms with van der Waals surface area (Å²) in [5, 5.41) is -0.291. The van der Waals surface area contributed by atoms with Crippen molar-refractivity contribution in [3.63, 3.8) is 0 Å². The van der Waals surface area contributed by atoms with Gasteiger partial charge in [0, 0.05) is 27.2 Å². The number of carbonyl (C=O) groups excluding carboxylic acids is 1. The van der Waals surface area contributed by atoms with Crippen LogP contribution in [0, 0.1) is 0 Å². The molecule has 0 atom stereocenters. The van der Waals surface area contributed by atoms with Crippen molar-refractivity contribution in [1.82, 2.24) is 8.61 Å². The number of ether oxygens (including phenoxy) is 1. The second-order valence-electron chi connectivity index (χ2n) is 6.32. The van der Waals surface area contributed by atoms with Gasteiger partial charge in [-0.05, 0) is 30.3 Å². The first-order chi connectivity index (χ1) is 13.9. The first kappa shape index (κ1) is 24.4. The molecule has 0 saturated carbocycles. The van der Waals surface area contributed by atoms with Crippen LogP contribution in [0.2, 0.25) is 5.02 Å². The maximum Gasteiger partial charge on any atom is 0.338 e. The van der Waals surface area contributed by atoms with Crippen molar-refractivity contribution in [3.05, 3.63) is 46.7 Å². The number of carbonyl (C=O) groups is 1. The van der Waals surface area contributed by atoms with Crippen LogP contribution in [0.4, 0.5) is 0 Å². The number of nitrogens with zero attached hydrogens (tertiary/aromatic N) is 2. The average Bonchev–Trinajstić information content (AvgIpc) is 3.16. The number of rotatable bonds is 9. The van der Waals surface area contributed by atoms with E-state index in [1.165, 1.54) is 42.7 Å². The standard InChI is InChI=1S/C18H23ClN2O7S2/c1-5-21(6-2)29(23,24)16-11-13(7-9-15(16)19)18(22)27-12-14-8-10-17(28-14)30(25,26)20(3)4/h7-11H,5-6,12H2,1-4H3. The van der Waals surface area contributed by atoms with Gasteiger partial charge in [0.25, 0.3) is 10.0 Å². The van der Waals surface area contributed by atoms with Gasteiger partial charge in [0.2, 0.25) is 15.1 Å². The van der Waals surface area contributed by atoms with Crippen LogP contribution in [0.5, 0.6) is 0 Å². The summed E-state index contributed by atoms with van der Waals surface area (Å²) in [5.74, 6) is -0.690. The molecule has 166 valence electrons. The van der Waals surface area contributed by atoms with Gasteiger partial charge in [0.1, 0.15) is 17.3 Å². The lowest BCUT2D eigenvalue weighted by Crippen LogP contribution is -2.31. The van der Waals surface area contributed by atoms with Gasteiger partial charge in [-0.25, -0.2) is 25.9 Å². The van der Waals surface area contributed by atoms with Gasteiger partial charge in [-0.1, -0.05) is 25.4 Å². The molecule has 2 rings (SSSR count). The second-order valence-corrected chi connectivity index (χ2v) is 10.7. The average molecular weight is 479 g/mol. The molecule has 0 aliphatic rings. The van der Waals surface area contributed by atoms with Crippen LogP contribution in [0.15, 0.2) is 44.7 Å². The Bertz CT molecular complexity index is 1120. The summed E-state index contributed by atoms with van der Waals surface area (Å²) in [6, 6.07) is 6.44. The second kappa shape index (κ2) is 9.48. The highest BCUT2D eigenvalue weighted by molar-refractivity contribution is 7.89. The van der Waals surface area contributed by atoms with E-state index in [0.29, 0.717) is 0 Å². The predicted octanol–water partition coefficient (Wildman–Crippen LogP) is 2.57. The van der Waals surface area contributed by atoms with Crippen LogP contribution in [0.3, 0.4) is 0 Å². The van der Waals surface area contributed by atoms with E-state index < -0.39 is 26.0 Å². The molecule has 12 heteroatoms. The fourth-order valence-corrected chi connectivity index (χ4v) is 5.28. The predicted molar refractivity (Wildman–Crippen MR) is 110 cm³/mol. The van der Waals surface area contributed by atoms with E-state index in [1.807, 2.05) is 0 Å². The fraction of sp³-hybridized carbons (Fsp3) is 0.389. The summed E-state index contributed by atoms with van der Waals surface area (Å²) >= 11 is 6.05. The zero-order valence-electron chi connectivity index (χ0n) is 17.0. The Kier molecular flexibility index (Phi) is 7.69. The minimum absolute atomic E-state index is 0.0111. The quantitative estimate of drug-likeness (QED) is 0.509. The van der Waals surface area contributed by atoms with Gasteiger partial charge in [0.05, 0.1) is 10.6 Å². The van der Waals surface area contributed by atoms with Crippen LogP contribution in [0.25, 0.3) is 0 Å². The minimum Gasteiger partial charge on any atom is -0.454 e. The summed E-state index contributed by atoms with van der Waals surface area (Å²) in [6.45, 7) is 3.56. The maximum atomic E-state index is 12.7. The molecule has 30 heavy (non-hydrogen) atoms. The Morgan fingerprint density at radius 3 is 2.23 bits per heavy atom. The Morgan fingerprint density at radius 1 is 1.03 bits per heavy atom. The number of benzene rings is 1. The summed E-state index contributed by atoms with van der Waals surface area (Å²) in [4.78, 5) is 12.2. The van der Waals surface area contributed by atoms with Crippen molar-refractivity contribution in [3.8, 4) is 0 Å². The zero-order chi connectivity index (χ0) is 22.7. The van der Waals surface area contributed by atoms with Crippen LogP contribution in [0.1, 0.15) is 30.0 Å². The number of hydrogen-bond acceptors (Lipinski definition) is 7. The van der Waals surface area contributed by atoms with Gasteiger partial charge >= 0.3 is 5.97 Å². The first-order valence-electron chi connectivity index (χ1n) is 8.93. The monoisotopic (exact) mass is 478 g/mol. The number of halogens is 1. The summed E-state index contributed by atoms with van der Waals surface area (Å²) in [7, 11) is -4.89. The summed E-state index contributed by atoms with van der Waals surface area (Å²) in [5.41, 5.74) is -0.0159. The molecule has 0 spiro atoms. The van der Waals surface area contributed by atoms with Crippen molar-refractivity contribution in [2.75, 3.05) is 27.2 Å². The highest BCUT2D eigenvalue weighted by Gasteiger charge is 2.26. The van der Waals surface area contributed by atoms with E-state index in [1.54, 1.807) is 13.8 Å². The van der Waals surface area contributed by atoms with Gasteiger partial charge in [-0.3, -0.25) is 0 Å². The van der Waals surface area contributed by atoms with Crippen molar-refractivity contribution in [2.45, 2.75) is 30.4 Å². The van der Waals surface area contributed by atoms with Crippen molar-refractivity contribution in [2.24, 2.45) is 0 Å². The Balaban J connectivity index is 2.20. The molecule has 0 bridgehead atoms. The lowest BCUT2D eigenvalue weighted by Gasteiger charge is -2.19. The highest BCUT2D eigenvalue weighted by Crippen LogP contribution is 2.26. The first-order valence-corrected chi connectivity index (χ1v) is 12.2. The number of hydrogen-bond donors (Lipinski definition) is 0. The molecule has 9 nitrogen and oxygen atoms in total. The molecule has 2 aromatic rings. The molecule has 0 fully saturated rings. The van der Waals surface area contributed by atoms with Crippen molar-refractivity contribution < 1.29 is 30.8 Å². The molecule has 0 saturated heterocycles. The fourth-order valence-electron chi connectivity index (χ4n) is 2.51. The molecule has 0 aliphatic heterocycles. The molecular weight excluding hydrogens is 456 g/mol. The van der Waals surface area contributed by atoms with Crippen molar-refractivity contribution >= 4 is 37.6 Å². The Hall–Kier alpha value is -1.92. The zero-order valence-corrected chi connectivity index (χ0v) is 19.3. The molecule has 1 aromatic heterocycles. The van der Waals surface area contributed by atoms with E-state index in [4.69, 9.17) is 20.8 Å². The van der Waals surface area contributed by atoms with E-state index in [-0.39, 0.29) is 46.0 Å². The van der Waals surface area contributed by atoms with Gasteiger partial charge in [-0.2, -0.15) is 4.31 Å². The molecule has 0 amide bonds. The Morgan fingerprint density at radius 2 is 1.67 bits per heavy atom. The van der Waals surface area contributed by atoms with E-state index in [0.717, 1.165) is 10.4 Å². The Labute approximate surface area is 181 Å². The molecule has 0 aliphatic carbocycles. The van der Waals surface area contributed by atoms with E-state index >= 15 is 0 Å². The SMILES string of the molecule is CCN(CC)S(=O)(=O)c1cc(C(=O)OCc2ccc(S(=O)(=O)N(C)C)o2)ccc1Cl.